The van der Waals surface area contributed by atoms with E-state index in [1.165, 1.54) is 11.8 Å². The predicted octanol–water partition coefficient (Wildman–Crippen LogP) is 4.64. The number of aliphatic imine (C=N–C) groups is 1. The largest absolute Gasteiger partial charge is 0.504 e. The van der Waals surface area contributed by atoms with Crippen LogP contribution in [0.4, 0.5) is 0 Å². The van der Waals surface area contributed by atoms with Crippen molar-refractivity contribution in [2.24, 2.45) is 4.99 Å². The molecule has 1 N–H and O–H groups in total. The first-order valence-electron chi connectivity index (χ1n) is 8.20. The minimum absolute atomic E-state index is 0.0330. The van der Waals surface area contributed by atoms with Gasteiger partial charge in [0.25, 0.3) is 5.91 Å². The summed E-state index contributed by atoms with van der Waals surface area (Å²) in [5, 5.41) is 10.7. The van der Waals surface area contributed by atoms with Gasteiger partial charge < -0.3 is 9.84 Å². The van der Waals surface area contributed by atoms with Gasteiger partial charge in [-0.1, -0.05) is 15.9 Å². The van der Waals surface area contributed by atoms with Crippen molar-refractivity contribution in [2.75, 3.05) is 6.61 Å². The Morgan fingerprint density at radius 2 is 2.04 bits per heavy atom. The number of phenolic OH excluding ortho intramolecular Hbond substituents is 1. The van der Waals surface area contributed by atoms with E-state index >= 15 is 0 Å². The lowest BCUT2D eigenvalue weighted by molar-refractivity contribution is -0.123. The van der Waals surface area contributed by atoms with E-state index in [9.17, 15) is 9.90 Å². The van der Waals surface area contributed by atoms with Crippen molar-refractivity contribution in [1.82, 2.24) is 4.90 Å². The molecule has 7 heteroatoms. The summed E-state index contributed by atoms with van der Waals surface area (Å²) in [7, 11) is 0. The van der Waals surface area contributed by atoms with E-state index in [-0.39, 0.29) is 23.7 Å². The maximum absolute atomic E-state index is 12.8. The second-order valence-corrected chi connectivity index (χ2v) is 8.02. The van der Waals surface area contributed by atoms with Crippen molar-refractivity contribution in [3.63, 3.8) is 0 Å². The number of benzene rings is 1. The van der Waals surface area contributed by atoms with E-state index in [4.69, 9.17) is 4.74 Å². The molecule has 1 fully saturated rings. The third-order valence-corrected chi connectivity index (χ3v) is 5.07. The summed E-state index contributed by atoms with van der Waals surface area (Å²) in [6.45, 7) is 10.2. The van der Waals surface area contributed by atoms with Gasteiger partial charge in [-0.15, -0.1) is 0 Å². The average molecular weight is 427 g/mol. The van der Waals surface area contributed by atoms with Crippen LogP contribution in [0, 0.1) is 0 Å². The molecule has 1 heterocycles. The molecule has 0 saturated carbocycles. The monoisotopic (exact) mass is 426 g/mol. The Labute approximate surface area is 161 Å². The van der Waals surface area contributed by atoms with Crippen molar-refractivity contribution >= 4 is 44.8 Å². The van der Waals surface area contributed by atoms with E-state index in [0.717, 1.165) is 10.7 Å². The van der Waals surface area contributed by atoms with Crippen LogP contribution in [0.15, 0.2) is 26.5 Å². The van der Waals surface area contributed by atoms with Gasteiger partial charge in [0.1, 0.15) is 0 Å². The van der Waals surface area contributed by atoms with Crippen LogP contribution in [0.1, 0.15) is 40.2 Å². The molecule has 1 saturated heterocycles. The fourth-order valence-corrected chi connectivity index (χ4v) is 4.00. The van der Waals surface area contributed by atoms with E-state index in [1.54, 1.807) is 23.1 Å². The quantitative estimate of drug-likeness (QED) is 0.696. The molecule has 0 atom stereocenters. The van der Waals surface area contributed by atoms with Crippen LogP contribution in [0.2, 0.25) is 0 Å². The Morgan fingerprint density at radius 1 is 1.36 bits per heavy atom. The maximum atomic E-state index is 12.8. The molecular weight excluding hydrogens is 404 g/mol. The lowest BCUT2D eigenvalue weighted by Crippen LogP contribution is -2.35. The minimum Gasteiger partial charge on any atom is -0.504 e. The fraction of sp³-hybridized carbons (Fsp3) is 0.444. The van der Waals surface area contributed by atoms with Crippen LogP contribution in [0.25, 0.3) is 6.08 Å². The summed E-state index contributed by atoms with van der Waals surface area (Å²) in [5.41, 5.74) is 0.770. The third kappa shape index (κ3) is 4.58. The Kier molecular flexibility index (Phi) is 6.57. The highest BCUT2D eigenvalue weighted by Gasteiger charge is 2.35. The van der Waals surface area contributed by atoms with E-state index < -0.39 is 0 Å². The van der Waals surface area contributed by atoms with Gasteiger partial charge in [-0.2, -0.15) is 0 Å². The van der Waals surface area contributed by atoms with Crippen molar-refractivity contribution in [2.45, 2.75) is 46.7 Å². The second-order valence-electron chi connectivity index (χ2n) is 6.16. The van der Waals surface area contributed by atoms with Gasteiger partial charge >= 0.3 is 0 Å². The number of ether oxygens (including phenoxy) is 1. The number of carbonyl (C=O) groups excluding carboxylic acids is 1. The molecule has 0 unspecified atom stereocenters. The van der Waals surface area contributed by atoms with Crippen molar-refractivity contribution < 1.29 is 14.6 Å². The lowest BCUT2D eigenvalue weighted by atomic mass is 10.1. The molecule has 0 aromatic heterocycles. The fourth-order valence-electron chi connectivity index (χ4n) is 2.33. The van der Waals surface area contributed by atoms with Crippen LogP contribution < -0.4 is 4.74 Å². The normalized spacial score (nSPS) is 18.2. The van der Waals surface area contributed by atoms with Crippen molar-refractivity contribution in [3.05, 3.63) is 27.1 Å². The molecule has 25 heavy (non-hydrogen) atoms. The molecule has 2 rings (SSSR count). The molecule has 1 amide bonds. The van der Waals surface area contributed by atoms with Gasteiger partial charge in [0.2, 0.25) is 0 Å². The van der Waals surface area contributed by atoms with Crippen molar-refractivity contribution in [3.8, 4) is 11.5 Å². The van der Waals surface area contributed by atoms with Crippen molar-refractivity contribution in [1.29, 1.82) is 0 Å². The van der Waals surface area contributed by atoms with E-state index in [0.29, 0.717) is 21.7 Å². The number of phenols is 1. The highest BCUT2D eigenvalue weighted by Crippen LogP contribution is 2.38. The minimum atomic E-state index is -0.0580. The number of thioether (sulfide) groups is 1. The van der Waals surface area contributed by atoms with E-state index in [1.807, 2.05) is 34.6 Å². The number of hydrogen-bond acceptors (Lipinski definition) is 5. The number of halogens is 1. The summed E-state index contributed by atoms with van der Waals surface area (Å²) in [5.74, 6) is 0.397. The first kappa shape index (κ1) is 19.8. The molecular formula is C18H23BrN2O3S. The zero-order valence-electron chi connectivity index (χ0n) is 15.0. The molecule has 0 radical (unpaired) electrons. The number of amides is 1. The number of aromatic hydroxyl groups is 1. The Balaban J connectivity index is 2.44. The van der Waals surface area contributed by atoms with E-state index in [2.05, 4.69) is 20.9 Å². The summed E-state index contributed by atoms with van der Waals surface area (Å²) < 4.78 is 6.12. The van der Waals surface area contributed by atoms with Gasteiger partial charge in [0.05, 0.1) is 11.5 Å². The van der Waals surface area contributed by atoms with Gasteiger partial charge in [-0.25, -0.2) is 0 Å². The summed E-state index contributed by atoms with van der Waals surface area (Å²) in [6.07, 6.45) is 1.80. The molecule has 0 bridgehead atoms. The molecule has 1 aromatic rings. The number of rotatable bonds is 5. The Hall–Kier alpha value is -1.47. The maximum Gasteiger partial charge on any atom is 0.266 e. The van der Waals surface area contributed by atoms with Gasteiger partial charge in [-0.05, 0) is 70.2 Å². The molecule has 0 spiro atoms. The Bertz CT molecular complexity index is 729. The lowest BCUT2D eigenvalue weighted by Gasteiger charge is -2.20. The number of carbonyl (C=O) groups is 1. The first-order valence-corrected chi connectivity index (χ1v) is 9.81. The average Bonchev–Trinajstić information content (AvgIpc) is 2.79. The standard InChI is InChI=1S/C18H23BrN2O3S/c1-6-24-15-7-12(13(19)9-14(15)22)8-16-17(23)21(11(4)5)18(25-16)20-10(2)3/h7-11,22H,6H2,1-5H3/b16-8+,20-18?. The van der Waals surface area contributed by atoms with Crippen LogP contribution in [-0.2, 0) is 4.79 Å². The number of hydrogen-bond donors (Lipinski definition) is 1. The molecule has 136 valence electrons. The third-order valence-electron chi connectivity index (χ3n) is 3.39. The number of amidine groups is 1. The van der Waals surface area contributed by atoms with Crippen LogP contribution >= 0.6 is 27.7 Å². The second kappa shape index (κ2) is 8.27. The molecule has 1 aliphatic rings. The predicted molar refractivity (Wildman–Crippen MR) is 107 cm³/mol. The van der Waals surface area contributed by atoms with Gasteiger partial charge in [-0.3, -0.25) is 14.7 Å². The first-order chi connectivity index (χ1) is 11.7. The zero-order valence-corrected chi connectivity index (χ0v) is 17.4. The molecule has 1 aromatic carbocycles. The van der Waals surface area contributed by atoms with Crippen LogP contribution in [-0.4, -0.2) is 39.8 Å². The summed E-state index contributed by atoms with van der Waals surface area (Å²) in [4.78, 5) is 19.7. The smallest absolute Gasteiger partial charge is 0.266 e. The zero-order chi connectivity index (χ0) is 18.7. The molecule has 0 aliphatic carbocycles. The SMILES string of the molecule is CCOc1cc(/C=C2/SC(=NC(C)C)N(C(C)C)C2=O)c(Br)cc1O. The van der Waals surface area contributed by atoms with Gasteiger partial charge in [0.15, 0.2) is 16.7 Å². The topological polar surface area (TPSA) is 62.1 Å². The van der Waals surface area contributed by atoms with Crippen LogP contribution in [0.3, 0.4) is 0 Å². The highest BCUT2D eigenvalue weighted by molar-refractivity contribution is 9.10. The van der Waals surface area contributed by atoms with Gasteiger partial charge in [0, 0.05) is 16.6 Å². The summed E-state index contributed by atoms with van der Waals surface area (Å²) in [6, 6.07) is 3.44. The summed E-state index contributed by atoms with van der Waals surface area (Å²) >= 11 is 4.81. The highest BCUT2D eigenvalue weighted by atomic mass is 79.9. The van der Waals surface area contributed by atoms with Crippen LogP contribution in [0.5, 0.6) is 11.5 Å². The molecule has 5 nitrogen and oxygen atoms in total. The molecule has 1 aliphatic heterocycles. The number of nitrogens with zero attached hydrogens (tertiary/aromatic N) is 2. The Morgan fingerprint density at radius 3 is 2.60 bits per heavy atom.